The third kappa shape index (κ3) is 2.88. The van der Waals surface area contributed by atoms with E-state index in [9.17, 15) is 9.90 Å². The van der Waals surface area contributed by atoms with Crippen LogP contribution in [-0.4, -0.2) is 11.0 Å². The van der Waals surface area contributed by atoms with Crippen LogP contribution in [-0.2, 0) is 4.79 Å². The van der Waals surface area contributed by atoms with E-state index in [0.29, 0.717) is 18.3 Å². The molecule has 1 amide bonds. The van der Waals surface area contributed by atoms with Gasteiger partial charge in [0, 0.05) is 23.7 Å². The number of aromatic hydroxyl groups is 1. The number of fused-ring (bicyclic) bond motifs is 3. The highest BCUT2D eigenvalue weighted by Gasteiger charge is 2.37. The lowest BCUT2D eigenvalue weighted by Crippen LogP contribution is -2.29. The smallest absolute Gasteiger partial charge is 0.224 e. The number of amides is 1. The molecule has 3 N–H and O–H groups in total. The van der Waals surface area contributed by atoms with E-state index in [-0.39, 0.29) is 17.7 Å². The van der Waals surface area contributed by atoms with Crippen LogP contribution in [0.5, 0.6) is 5.75 Å². The Kier molecular flexibility index (Phi) is 3.96. The third-order valence-electron chi connectivity index (χ3n) is 5.22. The van der Waals surface area contributed by atoms with Gasteiger partial charge < -0.3 is 15.7 Å². The van der Waals surface area contributed by atoms with Crippen molar-refractivity contribution in [3.8, 4) is 5.75 Å². The van der Waals surface area contributed by atoms with Crippen molar-refractivity contribution in [1.29, 1.82) is 0 Å². The molecule has 1 heterocycles. The fraction of sp³-hybridized carbons (Fsp3) is 0.286. The van der Waals surface area contributed by atoms with Gasteiger partial charge in [0.2, 0.25) is 5.91 Å². The molecule has 0 bridgehead atoms. The molecule has 3 unspecified atom stereocenters. The number of carbonyl (C=O) groups excluding carboxylic acids is 1. The summed E-state index contributed by atoms with van der Waals surface area (Å²) in [6.07, 6.45) is 6.03. The van der Waals surface area contributed by atoms with Crippen LogP contribution in [0.3, 0.4) is 0 Å². The van der Waals surface area contributed by atoms with E-state index in [1.54, 1.807) is 12.1 Å². The largest absolute Gasteiger partial charge is 0.508 e. The van der Waals surface area contributed by atoms with Crippen molar-refractivity contribution < 1.29 is 9.90 Å². The molecule has 4 heteroatoms. The Labute approximate surface area is 147 Å². The number of rotatable bonds is 3. The van der Waals surface area contributed by atoms with E-state index >= 15 is 0 Å². The Morgan fingerprint density at radius 1 is 1.24 bits per heavy atom. The molecule has 0 spiro atoms. The normalized spacial score (nSPS) is 23.5. The molecule has 4 nitrogen and oxygen atoms in total. The minimum atomic E-state index is 0.0317. The molecule has 2 aromatic rings. The average molecular weight is 334 g/mol. The molecule has 128 valence electrons. The first kappa shape index (κ1) is 15.8. The van der Waals surface area contributed by atoms with E-state index in [1.807, 2.05) is 25.1 Å². The molecular weight excluding hydrogens is 312 g/mol. The lowest BCUT2D eigenvalue weighted by molar-refractivity contribution is -0.115. The number of benzene rings is 2. The average Bonchev–Trinajstić information content (AvgIpc) is 3.12. The summed E-state index contributed by atoms with van der Waals surface area (Å²) in [7, 11) is 0. The first-order chi connectivity index (χ1) is 12.2. The lowest BCUT2D eigenvalue weighted by atomic mass is 9.77. The van der Waals surface area contributed by atoms with Gasteiger partial charge in [-0.2, -0.15) is 0 Å². The van der Waals surface area contributed by atoms with Crippen molar-refractivity contribution >= 4 is 17.3 Å². The highest BCUT2D eigenvalue weighted by atomic mass is 16.3. The van der Waals surface area contributed by atoms with Crippen molar-refractivity contribution in [2.24, 2.45) is 5.92 Å². The molecule has 0 fully saturated rings. The van der Waals surface area contributed by atoms with Gasteiger partial charge in [0.05, 0.1) is 6.04 Å². The molecule has 3 atom stereocenters. The summed E-state index contributed by atoms with van der Waals surface area (Å²) in [4.78, 5) is 11.7. The maximum absolute atomic E-state index is 11.7. The summed E-state index contributed by atoms with van der Waals surface area (Å²) in [6, 6.07) is 13.8. The van der Waals surface area contributed by atoms with Gasteiger partial charge in [-0.25, -0.2) is 0 Å². The fourth-order valence-electron chi connectivity index (χ4n) is 3.93. The predicted octanol–water partition coefficient (Wildman–Crippen LogP) is 4.57. The maximum atomic E-state index is 11.7. The summed E-state index contributed by atoms with van der Waals surface area (Å²) < 4.78 is 0. The molecular formula is C21H22N2O2. The van der Waals surface area contributed by atoms with Gasteiger partial charge in [-0.15, -0.1) is 0 Å². The summed E-state index contributed by atoms with van der Waals surface area (Å²) in [5.41, 5.74) is 4.39. The number of hydrogen-bond donors (Lipinski definition) is 3. The summed E-state index contributed by atoms with van der Waals surface area (Å²) in [6.45, 7) is 1.85. The lowest BCUT2D eigenvalue weighted by Gasteiger charge is -2.37. The van der Waals surface area contributed by atoms with Gasteiger partial charge in [0.15, 0.2) is 0 Å². The van der Waals surface area contributed by atoms with E-state index in [1.165, 1.54) is 11.1 Å². The first-order valence-corrected chi connectivity index (χ1v) is 8.81. The Balaban J connectivity index is 1.68. The second kappa shape index (κ2) is 6.28. The van der Waals surface area contributed by atoms with Gasteiger partial charge in [0.25, 0.3) is 0 Å². The number of anilines is 2. The van der Waals surface area contributed by atoms with E-state index in [0.717, 1.165) is 17.8 Å². The summed E-state index contributed by atoms with van der Waals surface area (Å²) in [5, 5.41) is 16.2. The number of allylic oxidation sites excluding steroid dienone is 2. The molecule has 2 aliphatic rings. The third-order valence-corrected chi connectivity index (χ3v) is 5.22. The second-order valence-electron chi connectivity index (χ2n) is 6.77. The fourth-order valence-corrected chi connectivity index (χ4v) is 3.93. The van der Waals surface area contributed by atoms with E-state index in [2.05, 4.69) is 34.9 Å². The molecule has 1 aliphatic heterocycles. The van der Waals surface area contributed by atoms with Crippen LogP contribution in [0.1, 0.15) is 42.9 Å². The van der Waals surface area contributed by atoms with E-state index < -0.39 is 0 Å². The molecule has 4 rings (SSSR count). The molecule has 1 aliphatic carbocycles. The molecule has 0 aromatic heterocycles. The monoisotopic (exact) mass is 334 g/mol. The van der Waals surface area contributed by atoms with Gasteiger partial charge >= 0.3 is 0 Å². The summed E-state index contributed by atoms with van der Waals surface area (Å²) in [5.74, 6) is 1.10. The van der Waals surface area contributed by atoms with E-state index in [4.69, 9.17) is 0 Å². The zero-order valence-corrected chi connectivity index (χ0v) is 14.2. The number of hydrogen-bond acceptors (Lipinski definition) is 3. The number of carbonyl (C=O) groups is 1. The van der Waals surface area contributed by atoms with Crippen molar-refractivity contribution in [3.63, 3.8) is 0 Å². The van der Waals surface area contributed by atoms with Crippen LogP contribution in [0.4, 0.5) is 11.4 Å². The van der Waals surface area contributed by atoms with Gasteiger partial charge in [0.1, 0.15) is 5.75 Å². The minimum absolute atomic E-state index is 0.0317. The quantitative estimate of drug-likeness (QED) is 0.721. The zero-order chi connectivity index (χ0) is 17.4. The van der Waals surface area contributed by atoms with Crippen molar-refractivity contribution in [1.82, 2.24) is 0 Å². The standard InChI is InChI=1S/C21H22N2O2/c1-2-20(25)22-14-8-11-19-18(12-14)16-4-3-5-17(16)21(23-19)13-6-9-15(24)10-7-13/h3-4,6-12,16-17,21,23-24H,2,5H2,1H3,(H,22,25). The van der Waals surface area contributed by atoms with Crippen LogP contribution < -0.4 is 10.6 Å². The van der Waals surface area contributed by atoms with Crippen LogP contribution in [0, 0.1) is 5.92 Å². The second-order valence-corrected chi connectivity index (χ2v) is 6.77. The van der Waals surface area contributed by atoms with Crippen molar-refractivity contribution in [3.05, 3.63) is 65.7 Å². The number of phenolic OH excluding ortho intramolecular Hbond substituents is 1. The van der Waals surface area contributed by atoms with Gasteiger partial charge in [-0.05, 0) is 53.8 Å². The van der Waals surface area contributed by atoms with Crippen LogP contribution in [0.25, 0.3) is 0 Å². The Morgan fingerprint density at radius 3 is 2.80 bits per heavy atom. The zero-order valence-electron chi connectivity index (χ0n) is 14.2. The number of phenols is 1. The van der Waals surface area contributed by atoms with Gasteiger partial charge in [-0.3, -0.25) is 4.79 Å². The SMILES string of the molecule is CCC(=O)Nc1ccc2c(c1)C1C=CCC1C(c1ccc(O)cc1)N2. The van der Waals surface area contributed by atoms with Crippen molar-refractivity contribution in [2.45, 2.75) is 31.7 Å². The summed E-state index contributed by atoms with van der Waals surface area (Å²) >= 11 is 0. The Hall–Kier alpha value is -2.75. The topological polar surface area (TPSA) is 61.4 Å². The Bertz CT molecular complexity index is 826. The highest BCUT2D eigenvalue weighted by Crippen LogP contribution is 2.50. The van der Waals surface area contributed by atoms with Gasteiger partial charge in [-0.1, -0.05) is 31.2 Å². The van der Waals surface area contributed by atoms with Crippen LogP contribution in [0.15, 0.2) is 54.6 Å². The predicted molar refractivity (Wildman–Crippen MR) is 99.8 cm³/mol. The van der Waals surface area contributed by atoms with Crippen LogP contribution >= 0.6 is 0 Å². The molecule has 0 saturated carbocycles. The Morgan fingerprint density at radius 2 is 2.04 bits per heavy atom. The molecule has 2 aromatic carbocycles. The highest BCUT2D eigenvalue weighted by molar-refractivity contribution is 5.91. The molecule has 25 heavy (non-hydrogen) atoms. The number of nitrogens with one attached hydrogen (secondary N) is 2. The van der Waals surface area contributed by atoms with Crippen molar-refractivity contribution in [2.75, 3.05) is 10.6 Å². The van der Waals surface area contributed by atoms with Crippen LogP contribution in [0.2, 0.25) is 0 Å². The molecule has 0 saturated heterocycles. The first-order valence-electron chi connectivity index (χ1n) is 8.81. The molecule has 0 radical (unpaired) electrons. The maximum Gasteiger partial charge on any atom is 0.224 e. The minimum Gasteiger partial charge on any atom is -0.508 e.